The van der Waals surface area contributed by atoms with Gasteiger partial charge in [-0.25, -0.2) is 4.68 Å². The quantitative estimate of drug-likeness (QED) is 0.434. The van der Waals surface area contributed by atoms with Gasteiger partial charge in [0.25, 0.3) is 0 Å². The molecule has 2 aromatic carbocycles. The highest BCUT2D eigenvalue weighted by molar-refractivity contribution is 9.10. The summed E-state index contributed by atoms with van der Waals surface area (Å²) in [6.07, 6.45) is 3.66. The van der Waals surface area contributed by atoms with E-state index in [-0.39, 0.29) is 5.75 Å². The molecule has 3 N–H and O–H groups in total. The van der Waals surface area contributed by atoms with E-state index in [1.165, 1.54) is 5.56 Å². The second-order valence-corrected chi connectivity index (χ2v) is 7.62. The van der Waals surface area contributed by atoms with Crippen molar-refractivity contribution in [3.05, 3.63) is 94.2 Å². The van der Waals surface area contributed by atoms with Crippen LogP contribution in [0.2, 0.25) is 0 Å². The molecule has 0 radical (unpaired) electrons. The molecule has 1 aromatic heterocycles. The lowest BCUT2D eigenvalue weighted by atomic mass is 10.1. The van der Waals surface area contributed by atoms with E-state index in [4.69, 9.17) is 0 Å². The molecule has 1 heterocycles. The summed E-state index contributed by atoms with van der Waals surface area (Å²) in [6.45, 7) is 7.61. The molecular weight excluding hydrogens is 428 g/mol. The Morgan fingerprint density at radius 1 is 1.14 bits per heavy atom. The minimum Gasteiger partial charge on any atom is -0.507 e. The van der Waals surface area contributed by atoms with Gasteiger partial charge in [0.05, 0.1) is 16.4 Å². The average Bonchev–Trinajstić information content (AvgIpc) is 3.05. The normalized spacial score (nSPS) is 11.5. The zero-order valence-corrected chi connectivity index (χ0v) is 18.2. The Morgan fingerprint density at radius 3 is 2.38 bits per heavy atom. The number of aromatic nitrogens is 2. The van der Waals surface area contributed by atoms with Crippen molar-refractivity contribution in [2.24, 2.45) is 0 Å². The van der Waals surface area contributed by atoms with Crippen molar-refractivity contribution in [2.75, 3.05) is 7.05 Å². The molecule has 0 aliphatic carbocycles. The van der Waals surface area contributed by atoms with Crippen molar-refractivity contribution in [3.63, 3.8) is 0 Å². The van der Waals surface area contributed by atoms with E-state index in [1.54, 1.807) is 18.3 Å². The van der Waals surface area contributed by atoms with Gasteiger partial charge in [-0.1, -0.05) is 49.0 Å². The lowest BCUT2D eigenvalue weighted by Crippen LogP contribution is -2.19. The molecule has 0 atom stereocenters. The third-order valence-corrected chi connectivity index (χ3v) is 5.40. The van der Waals surface area contributed by atoms with E-state index in [9.17, 15) is 5.11 Å². The third-order valence-electron chi connectivity index (χ3n) is 4.62. The molecule has 6 heteroatoms. The van der Waals surface area contributed by atoms with Gasteiger partial charge in [0.2, 0.25) is 0 Å². The summed E-state index contributed by atoms with van der Waals surface area (Å²) >= 11 is 3.52. The molecular formula is C23H25BrN4O. The van der Waals surface area contributed by atoms with Gasteiger partial charge in [0.15, 0.2) is 0 Å². The average molecular weight is 453 g/mol. The molecule has 0 saturated carbocycles. The van der Waals surface area contributed by atoms with Crippen LogP contribution in [0.1, 0.15) is 22.4 Å². The number of phenolic OH excluding ortho intramolecular Hbond substituents is 1. The third kappa shape index (κ3) is 5.16. The monoisotopic (exact) mass is 452 g/mol. The van der Waals surface area contributed by atoms with Crippen LogP contribution in [-0.4, -0.2) is 21.9 Å². The lowest BCUT2D eigenvalue weighted by Gasteiger charge is -2.15. The van der Waals surface area contributed by atoms with Gasteiger partial charge in [-0.2, -0.15) is 5.10 Å². The maximum Gasteiger partial charge on any atom is 0.128 e. The molecule has 0 aliphatic rings. The summed E-state index contributed by atoms with van der Waals surface area (Å²) in [5.74, 6) is 0.979. The van der Waals surface area contributed by atoms with E-state index in [1.807, 2.05) is 36.9 Å². The standard InChI is InChI=1S/C23H25BrN4O/c1-16(20-6-4-5-7-22(20)29)12-23(28-17(2)21(24)15-27-28)26-14-19-10-8-18(9-11-19)13-25-3/h4-12,15,25-26,29H,1,13-14H2,2-3H3/b23-12-. The van der Waals surface area contributed by atoms with Crippen molar-refractivity contribution in [1.29, 1.82) is 0 Å². The van der Waals surface area contributed by atoms with Gasteiger partial charge in [-0.15, -0.1) is 0 Å². The molecule has 5 nitrogen and oxygen atoms in total. The summed E-state index contributed by atoms with van der Waals surface area (Å²) in [4.78, 5) is 0. The second-order valence-electron chi connectivity index (χ2n) is 6.76. The maximum absolute atomic E-state index is 10.2. The number of hydrogen-bond acceptors (Lipinski definition) is 4. The second kappa shape index (κ2) is 9.58. The summed E-state index contributed by atoms with van der Waals surface area (Å²) in [5, 5.41) is 21.2. The predicted molar refractivity (Wildman–Crippen MR) is 122 cm³/mol. The number of allylic oxidation sites excluding steroid dienone is 2. The first-order chi connectivity index (χ1) is 14.0. The van der Waals surface area contributed by atoms with Crippen LogP contribution in [0.5, 0.6) is 5.75 Å². The molecule has 150 valence electrons. The number of rotatable bonds is 8. The highest BCUT2D eigenvalue weighted by Crippen LogP contribution is 2.26. The Balaban J connectivity index is 1.86. The predicted octanol–water partition coefficient (Wildman–Crippen LogP) is 4.68. The number of nitrogens with one attached hydrogen (secondary N) is 2. The Kier molecular flexibility index (Phi) is 6.90. The van der Waals surface area contributed by atoms with Crippen LogP contribution in [0.4, 0.5) is 0 Å². The van der Waals surface area contributed by atoms with Crippen molar-refractivity contribution in [3.8, 4) is 5.75 Å². The molecule has 0 spiro atoms. The van der Waals surface area contributed by atoms with Crippen molar-refractivity contribution in [1.82, 2.24) is 20.4 Å². The smallest absolute Gasteiger partial charge is 0.128 e. The Morgan fingerprint density at radius 2 is 1.79 bits per heavy atom. The molecule has 29 heavy (non-hydrogen) atoms. The zero-order valence-electron chi connectivity index (χ0n) is 16.6. The van der Waals surface area contributed by atoms with Crippen LogP contribution in [-0.2, 0) is 13.1 Å². The maximum atomic E-state index is 10.2. The molecule has 0 unspecified atom stereocenters. The summed E-state index contributed by atoms with van der Waals surface area (Å²) < 4.78 is 2.75. The van der Waals surface area contributed by atoms with E-state index < -0.39 is 0 Å². The van der Waals surface area contributed by atoms with E-state index in [2.05, 4.69) is 62.5 Å². The van der Waals surface area contributed by atoms with Crippen LogP contribution in [0.15, 0.2) is 71.9 Å². The SMILES string of the molecule is C=C(/C=C(/NCc1ccc(CNC)cc1)n1ncc(Br)c1C)c1ccccc1O. The first-order valence-corrected chi connectivity index (χ1v) is 10.1. The minimum atomic E-state index is 0.201. The summed E-state index contributed by atoms with van der Waals surface area (Å²) in [6, 6.07) is 15.6. The topological polar surface area (TPSA) is 62.1 Å². The van der Waals surface area contributed by atoms with E-state index in [0.29, 0.717) is 17.7 Å². The number of phenols is 1. The molecule has 0 fully saturated rings. The van der Waals surface area contributed by atoms with Gasteiger partial charge in [0.1, 0.15) is 11.6 Å². The summed E-state index contributed by atoms with van der Waals surface area (Å²) in [5.41, 5.74) is 4.76. The Labute approximate surface area is 179 Å². The number of hydrogen-bond donors (Lipinski definition) is 3. The van der Waals surface area contributed by atoms with E-state index >= 15 is 0 Å². The first kappa shape index (κ1) is 20.9. The molecule has 0 aliphatic heterocycles. The van der Waals surface area contributed by atoms with Gasteiger partial charge in [-0.3, -0.25) is 0 Å². The Hall–Kier alpha value is -2.83. The molecule has 0 amide bonds. The number of halogens is 1. The molecule has 3 aromatic rings. The molecule has 3 rings (SSSR count). The fourth-order valence-electron chi connectivity index (χ4n) is 2.98. The van der Waals surface area contributed by atoms with Crippen molar-refractivity contribution < 1.29 is 5.11 Å². The highest BCUT2D eigenvalue weighted by atomic mass is 79.9. The van der Waals surface area contributed by atoms with Gasteiger partial charge >= 0.3 is 0 Å². The van der Waals surface area contributed by atoms with Gasteiger partial charge in [-0.05, 0) is 58.7 Å². The van der Waals surface area contributed by atoms with Crippen LogP contribution in [0.3, 0.4) is 0 Å². The Bertz CT molecular complexity index is 1020. The minimum absolute atomic E-state index is 0.201. The van der Waals surface area contributed by atoms with Crippen molar-refractivity contribution in [2.45, 2.75) is 20.0 Å². The van der Waals surface area contributed by atoms with Crippen LogP contribution in [0, 0.1) is 6.92 Å². The van der Waals surface area contributed by atoms with Crippen molar-refractivity contribution >= 4 is 27.3 Å². The van der Waals surface area contributed by atoms with Crippen LogP contribution >= 0.6 is 15.9 Å². The van der Waals surface area contributed by atoms with Crippen LogP contribution in [0.25, 0.3) is 11.4 Å². The summed E-state index contributed by atoms with van der Waals surface area (Å²) in [7, 11) is 1.94. The fraction of sp³-hybridized carbons (Fsp3) is 0.174. The van der Waals surface area contributed by atoms with Crippen LogP contribution < -0.4 is 10.6 Å². The number of para-hydroxylation sites is 1. The molecule has 0 saturated heterocycles. The van der Waals surface area contributed by atoms with Gasteiger partial charge in [0, 0.05) is 18.7 Å². The zero-order chi connectivity index (χ0) is 20.8. The first-order valence-electron chi connectivity index (χ1n) is 9.35. The number of benzene rings is 2. The van der Waals surface area contributed by atoms with E-state index in [0.717, 1.165) is 28.1 Å². The number of nitrogens with zero attached hydrogens (tertiary/aromatic N) is 2. The largest absolute Gasteiger partial charge is 0.507 e. The number of aromatic hydroxyl groups is 1. The van der Waals surface area contributed by atoms with Gasteiger partial charge < -0.3 is 15.7 Å². The highest BCUT2D eigenvalue weighted by Gasteiger charge is 2.11. The fourth-order valence-corrected chi connectivity index (χ4v) is 3.24. The lowest BCUT2D eigenvalue weighted by molar-refractivity contribution is 0.474. The molecule has 0 bridgehead atoms.